The Morgan fingerprint density at radius 3 is 2.87 bits per heavy atom. The van der Waals surface area contributed by atoms with Gasteiger partial charge in [-0.25, -0.2) is 4.79 Å². The molecule has 1 aromatic rings. The van der Waals surface area contributed by atoms with E-state index in [4.69, 9.17) is 4.74 Å². The molecule has 0 radical (unpaired) electrons. The van der Waals surface area contributed by atoms with Crippen molar-refractivity contribution in [2.75, 3.05) is 6.61 Å². The third-order valence-electron chi connectivity index (χ3n) is 1.91. The van der Waals surface area contributed by atoms with Crippen molar-refractivity contribution in [3.8, 4) is 5.75 Å². The fourth-order valence-corrected chi connectivity index (χ4v) is 1.83. The summed E-state index contributed by atoms with van der Waals surface area (Å²) >= 11 is 1.98. The predicted molar refractivity (Wildman–Crippen MR) is 70.5 cm³/mol. The van der Waals surface area contributed by atoms with Gasteiger partial charge < -0.3 is 9.84 Å². The third-order valence-corrected chi connectivity index (χ3v) is 3.49. The van der Waals surface area contributed by atoms with Crippen LogP contribution < -0.4 is 0 Å². The van der Waals surface area contributed by atoms with Gasteiger partial charge in [-0.3, -0.25) is 0 Å². The van der Waals surface area contributed by atoms with E-state index in [1.807, 2.05) is 22.6 Å². The van der Waals surface area contributed by atoms with Crippen molar-refractivity contribution in [2.24, 2.45) is 0 Å². The standard InChI is InChI=1S/C10H13IO3Si/c11-8-6-7(2-3-9(8)12)10(13)14-4-1-5-15/h2-3,6,12H,1,4-5H2,15H3. The summed E-state index contributed by atoms with van der Waals surface area (Å²) in [7, 11) is 1.14. The summed E-state index contributed by atoms with van der Waals surface area (Å²) in [6.07, 6.45) is 0.938. The molecule has 82 valence electrons. The van der Waals surface area contributed by atoms with E-state index in [1.165, 1.54) is 6.07 Å². The van der Waals surface area contributed by atoms with Gasteiger partial charge >= 0.3 is 5.97 Å². The molecule has 15 heavy (non-hydrogen) atoms. The van der Waals surface area contributed by atoms with Crippen LogP contribution in [0.4, 0.5) is 0 Å². The molecule has 0 saturated carbocycles. The summed E-state index contributed by atoms with van der Waals surface area (Å²) in [6.45, 7) is 0.486. The molecule has 0 amide bonds. The van der Waals surface area contributed by atoms with Crippen LogP contribution in [0.1, 0.15) is 16.8 Å². The van der Waals surface area contributed by atoms with Crippen molar-refractivity contribution >= 4 is 38.8 Å². The van der Waals surface area contributed by atoms with Crippen LogP contribution in [-0.2, 0) is 4.74 Å². The SMILES string of the molecule is O=C(OCCC[SiH3])c1ccc(O)c(I)c1. The second-order valence-corrected chi connectivity index (χ2v) is 5.32. The largest absolute Gasteiger partial charge is 0.507 e. The van der Waals surface area contributed by atoms with Crippen molar-refractivity contribution in [1.82, 2.24) is 0 Å². The van der Waals surface area contributed by atoms with Crippen LogP contribution >= 0.6 is 22.6 Å². The van der Waals surface area contributed by atoms with Crippen LogP contribution in [0, 0.1) is 3.57 Å². The van der Waals surface area contributed by atoms with Gasteiger partial charge in [0.2, 0.25) is 0 Å². The zero-order valence-corrected chi connectivity index (χ0v) is 12.7. The Labute approximate surface area is 105 Å². The molecule has 0 aliphatic carbocycles. The van der Waals surface area contributed by atoms with Crippen LogP contribution in [-0.4, -0.2) is 27.9 Å². The number of hydrogen-bond donors (Lipinski definition) is 1. The Bertz CT molecular complexity index is 355. The first-order chi connectivity index (χ1) is 7.15. The Kier molecular flexibility index (Phi) is 5.10. The van der Waals surface area contributed by atoms with Gasteiger partial charge in [-0.2, -0.15) is 0 Å². The van der Waals surface area contributed by atoms with Gasteiger partial charge in [-0.05, 0) is 47.2 Å². The van der Waals surface area contributed by atoms with E-state index >= 15 is 0 Å². The summed E-state index contributed by atoms with van der Waals surface area (Å²) in [6, 6.07) is 5.84. The summed E-state index contributed by atoms with van der Waals surface area (Å²) in [5, 5.41) is 9.28. The van der Waals surface area contributed by atoms with E-state index in [2.05, 4.69) is 0 Å². The minimum atomic E-state index is -0.317. The number of carbonyl (C=O) groups excluding carboxylic acids is 1. The third kappa shape index (κ3) is 3.82. The number of halogens is 1. The fourth-order valence-electron chi connectivity index (χ4n) is 1.03. The highest BCUT2D eigenvalue weighted by atomic mass is 127. The first kappa shape index (κ1) is 12.5. The summed E-state index contributed by atoms with van der Waals surface area (Å²) in [5.41, 5.74) is 0.491. The summed E-state index contributed by atoms with van der Waals surface area (Å²) in [5.74, 6) is -0.130. The number of carbonyl (C=O) groups is 1. The lowest BCUT2D eigenvalue weighted by Gasteiger charge is -2.04. The quantitative estimate of drug-likeness (QED) is 0.391. The molecular formula is C10H13IO3Si. The Balaban J connectivity index is 2.62. The van der Waals surface area contributed by atoms with Gasteiger partial charge in [0.05, 0.1) is 15.7 Å². The van der Waals surface area contributed by atoms with Crippen molar-refractivity contribution in [2.45, 2.75) is 12.5 Å². The Morgan fingerprint density at radius 1 is 1.53 bits per heavy atom. The zero-order chi connectivity index (χ0) is 11.3. The molecule has 1 rings (SSSR count). The highest BCUT2D eigenvalue weighted by Crippen LogP contribution is 2.20. The molecule has 0 atom stereocenters. The number of phenols is 1. The number of esters is 1. The van der Waals surface area contributed by atoms with Crippen molar-refractivity contribution in [1.29, 1.82) is 0 Å². The Hall–Kier alpha value is -0.563. The molecular weight excluding hydrogens is 323 g/mol. The highest BCUT2D eigenvalue weighted by molar-refractivity contribution is 14.1. The lowest BCUT2D eigenvalue weighted by molar-refractivity contribution is 0.0505. The van der Waals surface area contributed by atoms with E-state index in [0.29, 0.717) is 15.7 Å². The fraction of sp³-hybridized carbons (Fsp3) is 0.300. The smallest absolute Gasteiger partial charge is 0.338 e. The second kappa shape index (κ2) is 6.11. The molecule has 1 aromatic carbocycles. The van der Waals surface area contributed by atoms with E-state index in [9.17, 15) is 9.90 Å². The number of rotatable bonds is 4. The van der Waals surface area contributed by atoms with E-state index < -0.39 is 0 Å². The van der Waals surface area contributed by atoms with Crippen LogP contribution in [0.15, 0.2) is 18.2 Å². The molecule has 0 unspecified atom stereocenters. The maximum absolute atomic E-state index is 11.5. The van der Waals surface area contributed by atoms with Crippen molar-refractivity contribution in [3.63, 3.8) is 0 Å². The molecule has 0 aliphatic rings. The highest BCUT2D eigenvalue weighted by Gasteiger charge is 2.08. The van der Waals surface area contributed by atoms with Gasteiger partial charge in [-0.1, -0.05) is 6.04 Å². The topological polar surface area (TPSA) is 46.5 Å². The molecule has 0 aromatic heterocycles. The van der Waals surface area contributed by atoms with Crippen LogP contribution in [0.2, 0.25) is 6.04 Å². The first-order valence-electron chi connectivity index (χ1n) is 4.80. The van der Waals surface area contributed by atoms with E-state index in [1.54, 1.807) is 12.1 Å². The van der Waals surface area contributed by atoms with Crippen molar-refractivity contribution in [3.05, 3.63) is 27.3 Å². The number of phenolic OH excluding ortho intramolecular Hbond substituents is 1. The predicted octanol–water partition coefficient (Wildman–Crippen LogP) is 1.33. The van der Waals surface area contributed by atoms with Gasteiger partial charge in [0.25, 0.3) is 0 Å². The molecule has 0 bridgehead atoms. The second-order valence-electron chi connectivity index (χ2n) is 3.16. The van der Waals surface area contributed by atoms with Crippen LogP contribution in [0.25, 0.3) is 0 Å². The monoisotopic (exact) mass is 336 g/mol. The summed E-state index contributed by atoms with van der Waals surface area (Å²) < 4.78 is 5.72. The average Bonchev–Trinajstić information content (AvgIpc) is 2.22. The molecule has 1 N–H and O–H groups in total. The van der Waals surface area contributed by atoms with Crippen molar-refractivity contribution < 1.29 is 14.6 Å². The summed E-state index contributed by atoms with van der Waals surface area (Å²) in [4.78, 5) is 11.5. The maximum Gasteiger partial charge on any atom is 0.338 e. The lowest BCUT2D eigenvalue weighted by Crippen LogP contribution is -2.06. The van der Waals surface area contributed by atoms with Crippen LogP contribution in [0.5, 0.6) is 5.75 Å². The molecule has 5 heteroatoms. The van der Waals surface area contributed by atoms with Gasteiger partial charge in [0.1, 0.15) is 5.75 Å². The minimum Gasteiger partial charge on any atom is -0.507 e. The molecule has 0 spiro atoms. The molecule has 3 nitrogen and oxygen atoms in total. The van der Waals surface area contributed by atoms with Crippen LogP contribution in [0.3, 0.4) is 0 Å². The number of hydrogen-bond acceptors (Lipinski definition) is 3. The van der Waals surface area contributed by atoms with Gasteiger partial charge in [-0.15, -0.1) is 0 Å². The van der Waals surface area contributed by atoms with Gasteiger partial charge in [0.15, 0.2) is 0 Å². The minimum absolute atomic E-state index is 0.187. The lowest BCUT2D eigenvalue weighted by atomic mass is 10.2. The molecule has 0 heterocycles. The normalized spacial score (nSPS) is 10.2. The number of benzene rings is 1. The molecule has 0 saturated heterocycles. The first-order valence-corrected chi connectivity index (χ1v) is 7.30. The average molecular weight is 336 g/mol. The Morgan fingerprint density at radius 2 is 2.27 bits per heavy atom. The van der Waals surface area contributed by atoms with Gasteiger partial charge in [0, 0.05) is 10.2 Å². The number of aromatic hydroxyl groups is 1. The molecule has 0 fully saturated rings. The zero-order valence-electron chi connectivity index (χ0n) is 8.50. The maximum atomic E-state index is 11.5. The number of ether oxygens (including phenoxy) is 1. The van der Waals surface area contributed by atoms with E-state index in [-0.39, 0.29) is 11.7 Å². The molecule has 0 aliphatic heterocycles. The van der Waals surface area contributed by atoms with E-state index in [0.717, 1.165) is 22.7 Å².